The minimum Gasteiger partial charge on any atom is -0.382 e. The lowest BCUT2D eigenvalue weighted by atomic mass is 9.95. The van der Waals surface area contributed by atoms with Gasteiger partial charge < -0.3 is 5.73 Å². The summed E-state index contributed by atoms with van der Waals surface area (Å²) in [4.78, 5) is 8.56. The second-order valence-electron chi connectivity index (χ2n) is 5.77. The highest BCUT2D eigenvalue weighted by molar-refractivity contribution is 7.89. The molecule has 1 atom stereocenters. The molecule has 2 aromatic rings. The molecular weight excluding hydrogens is 316 g/mol. The zero-order chi connectivity index (χ0) is 16.3. The monoisotopic (exact) mass is 336 g/mol. The van der Waals surface area contributed by atoms with Crippen molar-refractivity contribution in [3.63, 3.8) is 0 Å². The van der Waals surface area contributed by atoms with Gasteiger partial charge in [-0.15, -0.1) is 0 Å². The van der Waals surface area contributed by atoms with Crippen LogP contribution in [0.1, 0.15) is 25.0 Å². The number of nitrogens with one attached hydrogen (secondary N) is 1. The van der Waals surface area contributed by atoms with E-state index in [0.717, 1.165) is 31.4 Å². The first-order valence-corrected chi connectivity index (χ1v) is 9.05. The number of aromatic amines is 1. The van der Waals surface area contributed by atoms with Gasteiger partial charge in [0.1, 0.15) is 10.7 Å². The second kappa shape index (κ2) is 6.63. The molecule has 3 heterocycles. The van der Waals surface area contributed by atoms with Crippen LogP contribution in [0.2, 0.25) is 0 Å². The molecule has 1 saturated heterocycles. The SMILES string of the molecule is Nc1cnc(C[C@H]2CCCN(S(=O)(=O)c3cn[nH]c3)CC2)cn1. The Bertz CT molecular complexity index is 729. The molecule has 2 aromatic heterocycles. The summed E-state index contributed by atoms with van der Waals surface area (Å²) in [5, 5.41) is 6.28. The number of rotatable bonds is 4. The molecule has 3 N–H and O–H groups in total. The fraction of sp³-hybridized carbons (Fsp3) is 0.500. The van der Waals surface area contributed by atoms with E-state index in [1.54, 1.807) is 16.7 Å². The Morgan fingerprint density at radius 3 is 2.78 bits per heavy atom. The van der Waals surface area contributed by atoms with Gasteiger partial charge in [-0.05, 0) is 31.6 Å². The Balaban J connectivity index is 1.64. The van der Waals surface area contributed by atoms with Crippen LogP contribution in [-0.2, 0) is 16.4 Å². The number of nitrogen functional groups attached to an aromatic ring is 1. The summed E-state index contributed by atoms with van der Waals surface area (Å²) in [6, 6.07) is 0. The Hall–Kier alpha value is -2.00. The van der Waals surface area contributed by atoms with Crippen molar-refractivity contribution in [2.24, 2.45) is 5.92 Å². The normalized spacial score (nSPS) is 20.3. The van der Waals surface area contributed by atoms with Crippen molar-refractivity contribution < 1.29 is 8.42 Å². The lowest BCUT2D eigenvalue weighted by molar-refractivity contribution is 0.409. The maximum absolute atomic E-state index is 12.5. The van der Waals surface area contributed by atoms with E-state index < -0.39 is 10.0 Å². The van der Waals surface area contributed by atoms with Gasteiger partial charge in [-0.25, -0.2) is 13.4 Å². The van der Waals surface area contributed by atoms with Crippen LogP contribution >= 0.6 is 0 Å². The zero-order valence-corrected chi connectivity index (χ0v) is 13.5. The van der Waals surface area contributed by atoms with E-state index in [9.17, 15) is 8.42 Å². The van der Waals surface area contributed by atoms with Crippen LogP contribution in [0.3, 0.4) is 0 Å². The Labute approximate surface area is 135 Å². The third-order valence-electron chi connectivity index (χ3n) is 4.14. The number of H-pyrrole nitrogens is 1. The van der Waals surface area contributed by atoms with E-state index in [4.69, 9.17) is 5.73 Å². The van der Waals surface area contributed by atoms with Crippen molar-refractivity contribution in [1.29, 1.82) is 0 Å². The van der Waals surface area contributed by atoms with Gasteiger partial charge in [0.05, 0.1) is 24.3 Å². The lowest BCUT2D eigenvalue weighted by Crippen LogP contribution is -2.32. The van der Waals surface area contributed by atoms with Gasteiger partial charge in [0.2, 0.25) is 10.0 Å². The smallest absolute Gasteiger partial charge is 0.246 e. The molecule has 124 valence electrons. The van der Waals surface area contributed by atoms with E-state index >= 15 is 0 Å². The standard InChI is InChI=1S/C14H20N6O2S/c15-14-10-16-12(7-17-14)6-11-2-1-4-20(5-3-11)23(21,22)13-8-18-19-9-13/h7-11H,1-6H2,(H2,15,17)(H,18,19)/t11-/m0/s1. The molecule has 0 amide bonds. The fourth-order valence-corrected chi connectivity index (χ4v) is 4.28. The Morgan fingerprint density at radius 2 is 2.09 bits per heavy atom. The van der Waals surface area contributed by atoms with E-state index in [1.165, 1.54) is 12.4 Å². The molecule has 9 heteroatoms. The summed E-state index contributed by atoms with van der Waals surface area (Å²) in [7, 11) is -3.45. The van der Waals surface area contributed by atoms with Crippen molar-refractivity contribution >= 4 is 15.8 Å². The van der Waals surface area contributed by atoms with Crippen LogP contribution in [-0.4, -0.2) is 46.0 Å². The second-order valence-corrected chi connectivity index (χ2v) is 7.71. The average molecular weight is 336 g/mol. The largest absolute Gasteiger partial charge is 0.382 e. The van der Waals surface area contributed by atoms with E-state index in [1.807, 2.05) is 0 Å². The number of sulfonamides is 1. The predicted molar refractivity (Wildman–Crippen MR) is 84.8 cm³/mol. The number of hydrogen-bond acceptors (Lipinski definition) is 6. The Morgan fingerprint density at radius 1 is 1.22 bits per heavy atom. The molecule has 3 rings (SSSR count). The van der Waals surface area contributed by atoms with Crippen LogP contribution in [0.15, 0.2) is 29.7 Å². The van der Waals surface area contributed by atoms with Crippen LogP contribution in [0.25, 0.3) is 0 Å². The van der Waals surface area contributed by atoms with E-state index in [-0.39, 0.29) is 4.90 Å². The summed E-state index contributed by atoms with van der Waals surface area (Å²) in [5.41, 5.74) is 6.44. The molecule has 0 spiro atoms. The molecule has 1 aliphatic heterocycles. The number of aromatic nitrogens is 4. The summed E-state index contributed by atoms with van der Waals surface area (Å²) in [5.74, 6) is 0.810. The fourth-order valence-electron chi connectivity index (χ4n) is 2.88. The highest BCUT2D eigenvalue weighted by atomic mass is 32.2. The molecule has 0 saturated carbocycles. The molecular formula is C14H20N6O2S. The van der Waals surface area contributed by atoms with Crippen molar-refractivity contribution in [3.8, 4) is 0 Å². The lowest BCUT2D eigenvalue weighted by Gasteiger charge is -2.19. The molecule has 0 radical (unpaired) electrons. The van der Waals surface area contributed by atoms with Gasteiger partial charge in [0, 0.05) is 19.3 Å². The number of nitrogens with zero attached hydrogens (tertiary/aromatic N) is 4. The highest BCUT2D eigenvalue weighted by Gasteiger charge is 2.28. The molecule has 0 bridgehead atoms. The minimum atomic E-state index is -3.45. The minimum absolute atomic E-state index is 0.223. The summed E-state index contributed by atoms with van der Waals surface area (Å²) in [6.45, 7) is 1.05. The van der Waals surface area contributed by atoms with Crippen molar-refractivity contribution in [2.45, 2.75) is 30.6 Å². The van der Waals surface area contributed by atoms with Gasteiger partial charge in [-0.2, -0.15) is 9.40 Å². The molecule has 0 aromatic carbocycles. The third-order valence-corrected chi connectivity index (χ3v) is 6.00. The first-order chi connectivity index (χ1) is 11.1. The van der Waals surface area contributed by atoms with Gasteiger partial charge >= 0.3 is 0 Å². The number of hydrogen-bond donors (Lipinski definition) is 2. The summed E-state index contributed by atoms with van der Waals surface area (Å²) in [6.07, 6.45) is 9.44. The molecule has 1 fully saturated rings. The maximum Gasteiger partial charge on any atom is 0.246 e. The van der Waals surface area contributed by atoms with Gasteiger partial charge in [0.25, 0.3) is 0 Å². The Kier molecular flexibility index (Phi) is 4.58. The van der Waals surface area contributed by atoms with Crippen LogP contribution in [0.5, 0.6) is 0 Å². The topological polar surface area (TPSA) is 118 Å². The molecule has 8 nitrogen and oxygen atoms in total. The highest BCUT2D eigenvalue weighted by Crippen LogP contribution is 2.24. The van der Waals surface area contributed by atoms with Crippen molar-refractivity contribution in [1.82, 2.24) is 24.5 Å². The van der Waals surface area contributed by atoms with E-state index in [2.05, 4.69) is 20.2 Å². The maximum atomic E-state index is 12.5. The summed E-state index contributed by atoms with van der Waals surface area (Å²) < 4.78 is 26.6. The van der Waals surface area contributed by atoms with Gasteiger partial charge in [-0.3, -0.25) is 10.1 Å². The third kappa shape index (κ3) is 3.67. The average Bonchev–Trinajstić information content (AvgIpc) is 2.98. The predicted octanol–water partition coefficient (Wildman–Crippen LogP) is 0.815. The molecule has 0 aliphatic carbocycles. The van der Waals surface area contributed by atoms with Crippen LogP contribution in [0.4, 0.5) is 5.82 Å². The quantitative estimate of drug-likeness (QED) is 0.853. The van der Waals surface area contributed by atoms with E-state index in [0.29, 0.717) is 24.8 Å². The number of anilines is 1. The zero-order valence-electron chi connectivity index (χ0n) is 12.7. The van der Waals surface area contributed by atoms with Crippen LogP contribution < -0.4 is 5.73 Å². The van der Waals surface area contributed by atoms with Crippen molar-refractivity contribution in [2.75, 3.05) is 18.8 Å². The van der Waals surface area contributed by atoms with Crippen LogP contribution in [0, 0.1) is 5.92 Å². The molecule has 23 heavy (non-hydrogen) atoms. The first-order valence-electron chi connectivity index (χ1n) is 7.61. The van der Waals surface area contributed by atoms with Crippen molar-refractivity contribution in [3.05, 3.63) is 30.5 Å². The molecule has 0 unspecified atom stereocenters. The number of nitrogens with two attached hydrogens (primary N) is 1. The van der Waals surface area contributed by atoms with Gasteiger partial charge in [0.15, 0.2) is 0 Å². The van der Waals surface area contributed by atoms with Gasteiger partial charge in [-0.1, -0.05) is 0 Å². The molecule has 1 aliphatic rings. The summed E-state index contributed by atoms with van der Waals surface area (Å²) >= 11 is 0. The first kappa shape index (κ1) is 15.9.